The molecule has 6 nitrogen and oxygen atoms in total. The highest BCUT2D eigenvalue weighted by atomic mass is 19.1. The van der Waals surface area contributed by atoms with Crippen LogP contribution in [0.15, 0.2) is 35.4 Å². The van der Waals surface area contributed by atoms with Gasteiger partial charge >= 0.3 is 5.69 Å². The largest absolute Gasteiger partial charge is 0.350 e. The third kappa shape index (κ3) is 2.44. The maximum Gasteiger partial charge on any atom is 0.323 e. The van der Waals surface area contributed by atoms with Gasteiger partial charge in [-0.25, -0.2) is 19.2 Å². The van der Waals surface area contributed by atoms with Crippen molar-refractivity contribution in [2.24, 2.45) is 0 Å². The van der Waals surface area contributed by atoms with E-state index in [1.54, 1.807) is 0 Å². The monoisotopic (exact) mass is 259 g/mol. The van der Waals surface area contributed by atoms with Crippen molar-refractivity contribution >= 4 is 17.0 Å². The van der Waals surface area contributed by atoms with Crippen LogP contribution in [0.2, 0.25) is 0 Å². The van der Waals surface area contributed by atoms with Crippen molar-refractivity contribution in [1.82, 2.24) is 19.9 Å². The molecule has 2 heterocycles. The molecule has 3 N–H and O–H groups in total. The molecule has 0 saturated carbocycles. The highest BCUT2D eigenvalue weighted by Gasteiger charge is 2.01. The second-order valence-electron chi connectivity index (χ2n) is 4.04. The summed E-state index contributed by atoms with van der Waals surface area (Å²) >= 11 is 0. The Balaban J connectivity index is 1.77. The van der Waals surface area contributed by atoms with Gasteiger partial charge in [-0.05, 0) is 17.7 Å². The lowest BCUT2D eigenvalue weighted by molar-refractivity contribution is 0.614. The first-order valence-electron chi connectivity index (χ1n) is 5.63. The Morgan fingerprint density at radius 2 is 1.89 bits per heavy atom. The van der Waals surface area contributed by atoms with Gasteiger partial charge in [0.15, 0.2) is 5.82 Å². The molecule has 0 spiro atoms. The zero-order valence-electron chi connectivity index (χ0n) is 9.77. The highest BCUT2D eigenvalue weighted by molar-refractivity contribution is 5.75. The van der Waals surface area contributed by atoms with E-state index >= 15 is 0 Å². The third-order valence-electron chi connectivity index (χ3n) is 2.65. The predicted molar refractivity (Wildman–Crippen MR) is 68.2 cm³/mol. The Hall–Kier alpha value is -2.70. The molecule has 0 aliphatic heterocycles. The summed E-state index contributed by atoms with van der Waals surface area (Å²) in [6, 6.07) is 5.54. The van der Waals surface area contributed by atoms with E-state index < -0.39 is 5.82 Å². The van der Waals surface area contributed by atoms with Crippen molar-refractivity contribution in [1.29, 1.82) is 0 Å². The number of halogens is 1. The van der Waals surface area contributed by atoms with Gasteiger partial charge in [0.2, 0.25) is 5.95 Å². The minimum absolute atomic E-state index is 0.234. The Labute approximate surface area is 106 Å². The lowest BCUT2D eigenvalue weighted by Gasteiger charge is -2.04. The Kier molecular flexibility index (Phi) is 2.71. The zero-order valence-corrected chi connectivity index (χ0v) is 9.77. The van der Waals surface area contributed by atoms with E-state index in [2.05, 4.69) is 25.3 Å². The maximum absolute atomic E-state index is 12.6. The van der Waals surface area contributed by atoms with Crippen LogP contribution in [0.4, 0.5) is 10.3 Å². The summed E-state index contributed by atoms with van der Waals surface area (Å²) in [6.45, 7) is 0.481. The number of imidazole rings is 1. The number of rotatable bonds is 3. The van der Waals surface area contributed by atoms with E-state index in [1.807, 2.05) is 18.2 Å². The molecule has 96 valence electrons. The van der Waals surface area contributed by atoms with Crippen molar-refractivity contribution in [2.45, 2.75) is 6.54 Å². The first kappa shape index (κ1) is 11.4. The van der Waals surface area contributed by atoms with Crippen LogP contribution >= 0.6 is 0 Å². The summed E-state index contributed by atoms with van der Waals surface area (Å²) in [4.78, 5) is 24.1. The minimum Gasteiger partial charge on any atom is -0.350 e. The van der Waals surface area contributed by atoms with Gasteiger partial charge in [0.1, 0.15) is 0 Å². The van der Waals surface area contributed by atoms with E-state index in [-0.39, 0.29) is 5.69 Å². The molecule has 0 aliphatic carbocycles. The fourth-order valence-electron chi connectivity index (χ4n) is 1.77. The second-order valence-corrected chi connectivity index (χ2v) is 4.04. The van der Waals surface area contributed by atoms with Crippen molar-refractivity contribution in [3.05, 3.63) is 52.5 Å². The average Bonchev–Trinajstić information content (AvgIpc) is 2.77. The molecule has 7 heteroatoms. The Morgan fingerprint density at radius 1 is 1.16 bits per heavy atom. The molecule has 0 unspecified atom stereocenters. The molecule has 0 saturated heterocycles. The molecule has 0 fully saturated rings. The minimum atomic E-state index is -0.475. The smallest absolute Gasteiger partial charge is 0.323 e. The molecule has 1 aromatic carbocycles. The number of H-pyrrole nitrogens is 2. The highest BCUT2D eigenvalue weighted by Crippen LogP contribution is 2.11. The van der Waals surface area contributed by atoms with Gasteiger partial charge < -0.3 is 15.3 Å². The van der Waals surface area contributed by atoms with Gasteiger partial charge in [-0.15, -0.1) is 0 Å². The number of anilines is 1. The first-order valence-corrected chi connectivity index (χ1v) is 5.63. The van der Waals surface area contributed by atoms with Crippen LogP contribution in [-0.4, -0.2) is 19.9 Å². The topological polar surface area (TPSA) is 86.5 Å². The van der Waals surface area contributed by atoms with E-state index in [0.29, 0.717) is 12.5 Å². The molecule has 0 radical (unpaired) electrons. The molecular weight excluding hydrogens is 249 g/mol. The number of hydrogen-bond acceptors (Lipinski definition) is 4. The van der Waals surface area contributed by atoms with Crippen LogP contribution in [0.5, 0.6) is 0 Å². The molecule has 0 aliphatic rings. The van der Waals surface area contributed by atoms with Crippen LogP contribution in [0.1, 0.15) is 5.56 Å². The summed E-state index contributed by atoms with van der Waals surface area (Å²) in [7, 11) is 0. The van der Waals surface area contributed by atoms with Crippen molar-refractivity contribution < 1.29 is 4.39 Å². The molecule has 0 bridgehead atoms. The van der Waals surface area contributed by atoms with Crippen molar-refractivity contribution in [3.63, 3.8) is 0 Å². The van der Waals surface area contributed by atoms with Crippen LogP contribution < -0.4 is 11.0 Å². The van der Waals surface area contributed by atoms with Gasteiger partial charge in [-0.2, -0.15) is 0 Å². The van der Waals surface area contributed by atoms with Gasteiger partial charge in [0.05, 0.1) is 23.4 Å². The number of aromatic nitrogens is 4. The summed E-state index contributed by atoms with van der Waals surface area (Å²) in [5.74, 6) is -0.124. The molecule has 2 aromatic heterocycles. The van der Waals surface area contributed by atoms with E-state index in [1.165, 1.54) is 0 Å². The van der Waals surface area contributed by atoms with Crippen LogP contribution in [0, 0.1) is 5.82 Å². The Morgan fingerprint density at radius 3 is 2.68 bits per heavy atom. The quantitative estimate of drug-likeness (QED) is 0.663. The Bertz CT molecular complexity index is 762. The summed E-state index contributed by atoms with van der Waals surface area (Å²) in [6.07, 6.45) is 2.20. The van der Waals surface area contributed by atoms with Gasteiger partial charge in [0.25, 0.3) is 0 Å². The summed E-state index contributed by atoms with van der Waals surface area (Å²) in [5, 5.41) is 2.97. The van der Waals surface area contributed by atoms with Gasteiger partial charge in [-0.1, -0.05) is 6.07 Å². The van der Waals surface area contributed by atoms with Gasteiger partial charge in [0, 0.05) is 6.54 Å². The van der Waals surface area contributed by atoms with Crippen molar-refractivity contribution in [3.8, 4) is 0 Å². The summed E-state index contributed by atoms with van der Waals surface area (Å²) in [5.41, 5.74) is 2.22. The number of hydrogen-bond donors (Lipinski definition) is 3. The number of nitrogens with zero attached hydrogens (tertiary/aromatic N) is 2. The molecule has 0 atom stereocenters. The standard InChI is InChI=1S/C12H10FN5O/c13-8-5-15-11(16-6-8)14-4-7-1-2-9-10(3-7)18-12(19)17-9/h1-3,5-6H,4H2,(H,14,15,16)(H2,17,18,19). The fraction of sp³-hybridized carbons (Fsp3) is 0.0833. The molecule has 3 rings (SSSR count). The van der Waals surface area contributed by atoms with Crippen LogP contribution in [0.3, 0.4) is 0 Å². The maximum atomic E-state index is 12.6. The van der Waals surface area contributed by atoms with Gasteiger partial charge in [-0.3, -0.25) is 0 Å². The van der Waals surface area contributed by atoms with Crippen LogP contribution in [0.25, 0.3) is 11.0 Å². The number of fused-ring (bicyclic) bond motifs is 1. The van der Waals surface area contributed by atoms with E-state index in [9.17, 15) is 9.18 Å². The predicted octanol–water partition coefficient (Wildman–Crippen LogP) is 1.40. The lowest BCUT2D eigenvalue weighted by Crippen LogP contribution is -2.03. The summed E-state index contributed by atoms with van der Waals surface area (Å²) < 4.78 is 12.6. The number of nitrogens with one attached hydrogen (secondary N) is 3. The molecule has 19 heavy (non-hydrogen) atoms. The first-order chi connectivity index (χ1) is 9.20. The average molecular weight is 259 g/mol. The van der Waals surface area contributed by atoms with Crippen LogP contribution in [-0.2, 0) is 6.54 Å². The van der Waals surface area contributed by atoms with E-state index in [0.717, 1.165) is 29.0 Å². The van der Waals surface area contributed by atoms with Crippen molar-refractivity contribution in [2.75, 3.05) is 5.32 Å². The third-order valence-corrected chi connectivity index (χ3v) is 2.65. The second kappa shape index (κ2) is 4.52. The molecule has 3 aromatic rings. The normalized spacial score (nSPS) is 10.8. The number of benzene rings is 1. The molecular formula is C12H10FN5O. The van der Waals surface area contributed by atoms with E-state index in [4.69, 9.17) is 0 Å². The SMILES string of the molecule is O=c1[nH]c2ccc(CNc3ncc(F)cn3)cc2[nH]1. The molecule has 0 amide bonds. The fourth-order valence-corrected chi connectivity index (χ4v) is 1.77. The number of aromatic amines is 2. The zero-order chi connectivity index (χ0) is 13.2. The lowest BCUT2D eigenvalue weighted by atomic mass is 10.2.